The van der Waals surface area contributed by atoms with Gasteiger partial charge in [-0.15, -0.1) is 0 Å². The normalized spacial score (nSPS) is 11.1. The number of rotatable bonds is 4. The van der Waals surface area contributed by atoms with Gasteiger partial charge >= 0.3 is 0 Å². The zero-order valence-corrected chi connectivity index (χ0v) is 12.8. The number of halogens is 2. The molecule has 1 N–H and O–H groups in total. The molecular formula is C14H17Cl2N3. The second-order valence-corrected chi connectivity index (χ2v) is 5.75. The monoisotopic (exact) mass is 297 g/mol. The van der Waals surface area contributed by atoms with Gasteiger partial charge in [-0.05, 0) is 24.1 Å². The van der Waals surface area contributed by atoms with Crippen molar-refractivity contribution in [3.63, 3.8) is 0 Å². The second kappa shape index (κ2) is 5.85. The largest absolute Gasteiger partial charge is 0.381 e. The summed E-state index contributed by atoms with van der Waals surface area (Å²) in [7, 11) is 1.94. The molecule has 19 heavy (non-hydrogen) atoms. The summed E-state index contributed by atoms with van der Waals surface area (Å²) >= 11 is 12.0. The molecule has 0 bridgehead atoms. The third kappa shape index (κ3) is 3.64. The van der Waals surface area contributed by atoms with E-state index in [1.54, 1.807) is 6.07 Å². The zero-order chi connectivity index (χ0) is 14.0. The number of nitrogens with one attached hydrogen (secondary N) is 1. The lowest BCUT2D eigenvalue weighted by molar-refractivity contribution is 0.712. The van der Waals surface area contributed by atoms with Crippen molar-refractivity contribution in [1.82, 2.24) is 9.78 Å². The molecule has 0 unspecified atom stereocenters. The van der Waals surface area contributed by atoms with Gasteiger partial charge in [0.05, 0.1) is 5.69 Å². The SMILES string of the molecule is CC(C)c1nn(C)cc1CNc1cc(Cl)cc(Cl)c1. The molecule has 0 saturated heterocycles. The van der Waals surface area contributed by atoms with Crippen LogP contribution in [0.3, 0.4) is 0 Å². The van der Waals surface area contributed by atoms with E-state index in [0.29, 0.717) is 22.5 Å². The van der Waals surface area contributed by atoms with Crippen molar-refractivity contribution in [2.45, 2.75) is 26.3 Å². The quantitative estimate of drug-likeness (QED) is 0.903. The van der Waals surface area contributed by atoms with E-state index >= 15 is 0 Å². The summed E-state index contributed by atoms with van der Waals surface area (Å²) in [5.41, 5.74) is 3.22. The molecule has 0 aliphatic carbocycles. The van der Waals surface area contributed by atoms with Crippen LogP contribution in [0.4, 0.5) is 5.69 Å². The smallest absolute Gasteiger partial charge is 0.0699 e. The summed E-state index contributed by atoms with van der Waals surface area (Å²) in [4.78, 5) is 0. The van der Waals surface area contributed by atoms with Crippen LogP contribution in [0.2, 0.25) is 10.0 Å². The van der Waals surface area contributed by atoms with Crippen molar-refractivity contribution in [2.75, 3.05) is 5.32 Å². The lowest BCUT2D eigenvalue weighted by Gasteiger charge is -2.09. The maximum atomic E-state index is 5.98. The number of hydrogen-bond donors (Lipinski definition) is 1. The first-order chi connectivity index (χ1) is 8.95. The maximum Gasteiger partial charge on any atom is 0.0699 e. The van der Waals surface area contributed by atoms with Gasteiger partial charge in [0, 0.05) is 41.1 Å². The molecule has 0 radical (unpaired) electrons. The summed E-state index contributed by atoms with van der Waals surface area (Å²) in [6.45, 7) is 4.99. The average Bonchev–Trinajstić information content (AvgIpc) is 2.67. The molecule has 0 aliphatic rings. The molecule has 102 valence electrons. The Kier molecular flexibility index (Phi) is 4.38. The Labute approximate surface area is 123 Å². The second-order valence-electron chi connectivity index (χ2n) is 4.88. The first kappa shape index (κ1) is 14.2. The summed E-state index contributed by atoms with van der Waals surface area (Å²) in [6, 6.07) is 5.44. The highest BCUT2D eigenvalue weighted by atomic mass is 35.5. The van der Waals surface area contributed by atoms with Crippen LogP contribution >= 0.6 is 23.2 Å². The topological polar surface area (TPSA) is 29.9 Å². The Balaban J connectivity index is 2.14. The van der Waals surface area contributed by atoms with Gasteiger partial charge in [-0.3, -0.25) is 4.68 Å². The molecule has 0 fully saturated rings. The summed E-state index contributed by atoms with van der Waals surface area (Å²) in [6.07, 6.45) is 2.04. The molecule has 0 aliphatic heterocycles. The van der Waals surface area contributed by atoms with Crippen LogP contribution < -0.4 is 5.32 Å². The van der Waals surface area contributed by atoms with Gasteiger partial charge in [0.1, 0.15) is 0 Å². The maximum absolute atomic E-state index is 5.98. The van der Waals surface area contributed by atoms with E-state index in [-0.39, 0.29) is 0 Å². The fraction of sp³-hybridized carbons (Fsp3) is 0.357. The molecule has 2 aromatic rings. The van der Waals surface area contributed by atoms with E-state index in [0.717, 1.165) is 11.4 Å². The Hall–Kier alpha value is -1.19. The fourth-order valence-electron chi connectivity index (χ4n) is 2.03. The van der Waals surface area contributed by atoms with Crippen LogP contribution in [0.25, 0.3) is 0 Å². The van der Waals surface area contributed by atoms with Gasteiger partial charge in [-0.1, -0.05) is 37.0 Å². The first-order valence-electron chi connectivity index (χ1n) is 6.18. The van der Waals surface area contributed by atoms with Crippen LogP contribution in [0.15, 0.2) is 24.4 Å². The van der Waals surface area contributed by atoms with Gasteiger partial charge in [0.15, 0.2) is 0 Å². The van der Waals surface area contributed by atoms with Crippen LogP contribution in [0, 0.1) is 0 Å². The van der Waals surface area contributed by atoms with Crippen molar-refractivity contribution < 1.29 is 0 Å². The summed E-state index contributed by atoms with van der Waals surface area (Å²) < 4.78 is 1.84. The minimum atomic E-state index is 0.404. The third-order valence-corrected chi connectivity index (χ3v) is 3.27. The first-order valence-corrected chi connectivity index (χ1v) is 6.93. The number of aromatic nitrogens is 2. The van der Waals surface area contributed by atoms with E-state index in [1.807, 2.05) is 30.1 Å². The number of benzene rings is 1. The lowest BCUT2D eigenvalue weighted by atomic mass is 10.1. The molecule has 5 heteroatoms. The van der Waals surface area contributed by atoms with Gasteiger partial charge in [0.2, 0.25) is 0 Å². The van der Waals surface area contributed by atoms with Gasteiger partial charge in [0.25, 0.3) is 0 Å². The minimum absolute atomic E-state index is 0.404. The molecule has 0 spiro atoms. The van der Waals surface area contributed by atoms with Crippen molar-refractivity contribution >= 4 is 28.9 Å². The van der Waals surface area contributed by atoms with Crippen molar-refractivity contribution in [3.8, 4) is 0 Å². The van der Waals surface area contributed by atoms with E-state index < -0.39 is 0 Å². The van der Waals surface area contributed by atoms with Crippen molar-refractivity contribution in [2.24, 2.45) is 7.05 Å². The number of anilines is 1. The standard InChI is InChI=1S/C14H17Cl2N3/c1-9(2)14-10(8-19(3)18-14)7-17-13-5-11(15)4-12(16)6-13/h4-6,8-9,17H,7H2,1-3H3. The van der Waals surface area contributed by atoms with Crippen LogP contribution in [0.5, 0.6) is 0 Å². The van der Waals surface area contributed by atoms with Gasteiger partial charge < -0.3 is 5.32 Å². The molecule has 2 rings (SSSR count). The van der Waals surface area contributed by atoms with Crippen LogP contribution in [-0.2, 0) is 13.6 Å². The third-order valence-electron chi connectivity index (χ3n) is 2.83. The number of aryl methyl sites for hydroxylation is 1. The van der Waals surface area contributed by atoms with Gasteiger partial charge in [-0.25, -0.2) is 0 Å². The lowest BCUT2D eigenvalue weighted by Crippen LogP contribution is -2.02. The molecule has 3 nitrogen and oxygen atoms in total. The number of nitrogens with zero attached hydrogens (tertiary/aromatic N) is 2. The van der Waals surface area contributed by atoms with Crippen LogP contribution in [-0.4, -0.2) is 9.78 Å². The van der Waals surface area contributed by atoms with E-state index in [4.69, 9.17) is 23.2 Å². The summed E-state index contributed by atoms with van der Waals surface area (Å²) in [5, 5.41) is 9.07. The van der Waals surface area contributed by atoms with Crippen LogP contribution in [0.1, 0.15) is 31.0 Å². The minimum Gasteiger partial charge on any atom is -0.381 e. The highest BCUT2D eigenvalue weighted by Gasteiger charge is 2.11. The van der Waals surface area contributed by atoms with Crippen molar-refractivity contribution in [3.05, 3.63) is 45.7 Å². The predicted octanol–water partition coefficient (Wildman–Crippen LogP) is 4.46. The molecular weight excluding hydrogens is 281 g/mol. The zero-order valence-electron chi connectivity index (χ0n) is 11.2. The molecule has 1 heterocycles. The molecule has 0 amide bonds. The molecule has 1 aromatic heterocycles. The van der Waals surface area contributed by atoms with Crippen molar-refractivity contribution in [1.29, 1.82) is 0 Å². The molecule has 0 saturated carbocycles. The van der Waals surface area contributed by atoms with E-state index in [2.05, 4.69) is 24.3 Å². The molecule has 1 aromatic carbocycles. The Morgan fingerprint density at radius 1 is 1.21 bits per heavy atom. The summed E-state index contributed by atoms with van der Waals surface area (Å²) in [5.74, 6) is 0.404. The predicted molar refractivity (Wildman–Crippen MR) is 81.1 cm³/mol. The fourth-order valence-corrected chi connectivity index (χ4v) is 2.56. The Bertz CT molecular complexity index is 556. The van der Waals surface area contributed by atoms with E-state index in [9.17, 15) is 0 Å². The highest BCUT2D eigenvalue weighted by Crippen LogP contribution is 2.24. The molecule has 0 atom stereocenters. The highest BCUT2D eigenvalue weighted by molar-refractivity contribution is 6.35. The van der Waals surface area contributed by atoms with Gasteiger partial charge in [-0.2, -0.15) is 5.10 Å². The average molecular weight is 298 g/mol. The Morgan fingerprint density at radius 2 is 1.84 bits per heavy atom. The number of hydrogen-bond acceptors (Lipinski definition) is 2. The Morgan fingerprint density at radius 3 is 2.42 bits per heavy atom. The van der Waals surface area contributed by atoms with E-state index in [1.165, 1.54) is 5.56 Å².